The number of fused-ring (bicyclic) bond motifs is 1. The molecule has 1 aromatic carbocycles. The van der Waals surface area contributed by atoms with Crippen LogP contribution in [-0.4, -0.2) is 90.8 Å². The van der Waals surface area contributed by atoms with Gasteiger partial charge in [0.2, 0.25) is 0 Å². The summed E-state index contributed by atoms with van der Waals surface area (Å²) < 4.78 is 13.0. The standard InChI is InChI=1S/C26H32N8O3/c1-5-34-22(16-32(3)18-28-15-19(17-35)14-27-2)29-23-25(33-10-12-37-13-11-33)30-24(31-26(23)34)20-6-8-21(36-4)9-7-20/h6-9,14-15,17H,2,5,10-13,16,18H2,1,3-4H3/b19-14+,28-15-. The summed E-state index contributed by atoms with van der Waals surface area (Å²) in [5, 5.41) is 0. The second-order valence-corrected chi connectivity index (χ2v) is 8.54. The third kappa shape index (κ3) is 6.07. The maximum Gasteiger partial charge on any atom is 0.166 e. The number of morpholine rings is 1. The number of rotatable bonds is 11. The van der Waals surface area contributed by atoms with Gasteiger partial charge in [0.25, 0.3) is 0 Å². The zero-order valence-corrected chi connectivity index (χ0v) is 21.5. The highest BCUT2D eigenvalue weighted by Crippen LogP contribution is 2.29. The van der Waals surface area contributed by atoms with Crippen LogP contribution < -0.4 is 9.64 Å². The highest BCUT2D eigenvalue weighted by Gasteiger charge is 2.23. The number of aromatic nitrogens is 4. The van der Waals surface area contributed by atoms with Gasteiger partial charge >= 0.3 is 0 Å². The molecule has 0 unspecified atom stereocenters. The van der Waals surface area contributed by atoms with Gasteiger partial charge in [-0.1, -0.05) is 0 Å². The van der Waals surface area contributed by atoms with Crippen molar-refractivity contribution in [2.45, 2.75) is 20.0 Å². The Bertz CT molecular complexity index is 1290. The molecule has 11 nitrogen and oxygen atoms in total. The van der Waals surface area contributed by atoms with E-state index < -0.39 is 0 Å². The van der Waals surface area contributed by atoms with Crippen LogP contribution in [0.5, 0.6) is 5.75 Å². The number of nitrogens with zero attached hydrogens (tertiary/aromatic N) is 8. The SMILES string of the molecule is C=N/C=C(C=O)\C=N/CN(C)Cc1nc2c(N3CCOCC3)nc(-c3ccc(OC)cc3)nc2n1CC. The topological polar surface area (TPSA) is 110 Å². The number of carbonyl (C=O) groups excluding carboxylic acids is 1. The largest absolute Gasteiger partial charge is 0.497 e. The lowest BCUT2D eigenvalue weighted by molar-refractivity contribution is -0.104. The Labute approximate surface area is 216 Å². The predicted molar refractivity (Wildman–Crippen MR) is 145 cm³/mol. The summed E-state index contributed by atoms with van der Waals surface area (Å²) in [5.74, 6) is 3.09. The second kappa shape index (κ2) is 12.3. The Morgan fingerprint density at radius 2 is 1.97 bits per heavy atom. The molecular weight excluding hydrogens is 472 g/mol. The minimum Gasteiger partial charge on any atom is -0.497 e. The summed E-state index contributed by atoms with van der Waals surface area (Å²) in [6, 6.07) is 7.75. The van der Waals surface area contributed by atoms with Gasteiger partial charge in [-0.25, -0.2) is 15.0 Å². The number of anilines is 1. The Kier molecular flexibility index (Phi) is 8.70. The quantitative estimate of drug-likeness (QED) is 0.223. The van der Waals surface area contributed by atoms with Crippen molar-refractivity contribution < 1.29 is 14.3 Å². The molecule has 0 spiro atoms. The van der Waals surface area contributed by atoms with Crippen molar-refractivity contribution in [3.63, 3.8) is 0 Å². The van der Waals surface area contributed by atoms with Crippen LogP contribution in [0, 0.1) is 0 Å². The van der Waals surface area contributed by atoms with Gasteiger partial charge in [-0.3, -0.25) is 19.7 Å². The average Bonchev–Trinajstić information content (AvgIpc) is 3.29. The molecule has 3 aromatic rings. The van der Waals surface area contributed by atoms with Gasteiger partial charge < -0.3 is 18.9 Å². The van der Waals surface area contributed by atoms with Crippen LogP contribution in [0.25, 0.3) is 22.6 Å². The predicted octanol–water partition coefficient (Wildman–Crippen LogP) is 2.60. The summed E-state index contributed by atoms with van der Waals surface area (Å²) in [7, 11) is 3.60. The molecule has 2 aromatic heterocycles. The summed E-state index contributed by atoms with van der Waals surface area (Å²) >= 11 is 0. The molecule has 0 bridgehead atoms. The lowest BCUT2D eigenvalue weighted by Gasteiger charge is -2.28. The summed E-state index contributed by atoms with van der Waals surface area (Å²) in [6.07, 6.45) is 3.56. The van der Waals surface area contributed by atoms with Crippen molar-refractivity contribution in [1.29, 1.82) is 0 Å². The van der Waals surface area contributed by atoms with Crippen LogP contribution in [0.4, 0.5) is 5.82 Å². The van der Waals surface area contributed by atoms with Crippen molar-refractivity contribution in [2.24, 2.45) is 9.98 Å². The van der Waals surface area contributed by atoms with E-state index in [0.717, 1.165) is 47.2 Å². The van der Waals surface area contributed by atoms with Crippen LogP contribution >= 0.6 is 0 Å². The first-order chi connectivity index (χ1) is 18.1. The highest BCUT2D eigenvalue weighted by molar-refractivity contribution is 6.01. The van der Waals surface area contributed by atoms with E-state index in [-0.39, 0.29) is 0 Å². The number of methoxy groups -OCH3 is 1. The first kappa shape index (κ1) is 26.1. The molecule has 0 amide bonds. The van der Waals surface area contributed by atoms with Gasteiger partial charge in [-0.05, 0) is 45.0 Å². The maximum atomic E-state index is 11.1. The van der Waals surface area contributed by atoms with Crippen LogP contribution in [0.3, 0.4) is 0 Å². The van der Waals surface area contributed by atoms with Crippen LogP contribution in [0.15, 0.2) is 46.0 Å². The fourth-order valence-electron chi connectivity index (χ4n) is 4.13. The zero-order valence-electron chi connectivity index (χ0n) is 21.5. The van der Waals surface area contributed by atoms with Gasteiger partial charge in [-0.15, -0.1) is 0 Å². The van der Waals surface area contributed by atoms with Gasteiger partial charge in [0.1, 0.15) is 11.6 Å². The fourth-order valence-corrected chi connectivity index (χ4v) is 4.13. The first-order valence-corrected chi connectivity index (χ1v) is 12.1. The minimum absolute atomic E-state index is 0.362. The van der Waals surface area contributed by atoms with E-state index in [1.54, 1.807) is 7.11 Å². The van der Waals surface area contributed by atoms with Crippen LogP contribution in [-0.2, 0) is 22.6 Å². The molecule has 0 N–H and O–H groups in total. The van der Waals surface area contributed by atoms with E-state index in [1.165, 1.54) is 12.4 Å². The van der Waals surface area contributed by atoms with Gasteiger partial charge in [0.15, 0.2) is 29.1 Å². The number of carbonyl (C=O) groups is 1. The molecule has 0 radical (unpaired) electrons. The van der Waals surface area contributed by atoms with E-state index in [0.29, 0.717) is 50.7 Å². The summed E-state index contributed by atoms with van der Waals surface area (Å²) in [5.41, 5.74) is 2.83. The maximum absolute atomic E-state index is 11.1. The molecule has 0 atom stereocenters. The zero-order chi connectivity index (χ0) is 26.2. The minimum atomic E-state index is 0.362. The van der Waals surface area contributed by atoms with Crippen LogP contribution in [0.2, 0.25) is 0 Å². The molecule has 1 aliphatic rings. The number of hydrogen-bond acceptors (Lipinski definition) is 10. The molecule has 0 aliphatic carbocycles. The van der Waals surface area contributed by atoms with Crippen molar-refractivity contribution in [1.82, 2.24) is 24.4 Å². The molecule has 3 heterocycles. The molecular formula is C26H32N8O3. The molecule has 1 aliphatic heterocycles. The van der Waals surface area contributed by atoms with E-state index in [2.05, 4.69) is 33.1 Å². The van der Waals surface area contributed by atoms with Gasteiger partial charge in [0, 0.05) is 37.6 Å². The van der Waals surface area contributed by atoms with Gasteiger partial charge in [0.05, 0.1) is 39.1 Å². The first-order valence-electron chi connectivity index (χ1n) is 12.1. The highest BCUT2D eigenvalue weighted by atomic mass is 16.5. The normalized spacial score (nSPS) is 14.6. The number of aldehydes is 1. The summed E-state index contributed by atoms with van der Waals surface area (Å²) in [4.78, 5) is 38.2. The molecule has 194 valence electrons. The Morgan fingerprint density at radius 1 is 1.22 bits per heavy atom. The van der Waals surface area contributed by atoms with Gasteiger partial charge in [-0.2, -0.15) is 0 Å². The van der Waals surface area contributed by atoms with E-state index in [1.807, 2.05) is 36.2 Å². The molecule has 37 heavy (non-hydrogen) atoms. The molecule has 1 saturated heterocycles. The molecule has 0 saturated carbocycles. The third-order valence-electron chi connectivity index (χ3n) is 5.98. The van der Waals surface area contributed by atoms with Crippen LogP contribution in [0.1, 0.15) is 12.7 Å². The number of ether oxygens (including phenoxy) is 2. The molecule has 4 rings (SSSR count). The lowest BCUT2D eigenvalue weighted by atomic mass is 10.2. The average molecular weight is 505 g/mol. The Hall–Kier alpha value is -3.96. The Balaban J connectivity index is 1.70. The van der Waals surface area contributed by atoms with Crippen molar-refractivity contribution >= 4 is 36.2 Å². The summed E-state index contributed by atoms with van der Waals surface area (Å²) in [6.45, 7) is 9.84. The van der Waals surface area contributed by atoms with E-state index in [9.17, 15) is 4.79 Å². The number of aryl methyl sites for hydroxylation is 1. The number of aliphatic imine (C=N–C) groups is 2. The third-order valence-corrected chi connectivity index (χ3v) is 5.98. The second-order valence-electron chi connectivity index (χ2n) is 8.54. The Morgan fingerprint density at radius 3 is 2.62 bits per heavy atom. The van der Waals surface area contributed by atoms with Crippen molar-refractivity contribution in [2.75, 3.05) is 52.0 Å². The monoisotopic (exact) mass is 504 g/mol. The number of benzene rings is 1. The fraction of sp³-hybridized carbons (Fsp3) is 0.385. The number of imidazole rings is 1. The number of hydrogen-bond donors (Lipinski definition) is 0. The molecule has 1 fully saturated rings. The van der Waals surface area contributed by atoms with E-state index >= 15 is 0 Å². The van der Waals surface area contributed by atoms with Crippen molar-refractivity contribution in [3.05, 3.63) is 41.9 Å². The smallest absolute Gasteiger partial charge is 0.166 e. The lowest BCUT2D eigenvalue weighted by Crippen LogP contribution is -2.37. The van der Waals surface area contributed by atoms with Crippen molar-refractivity contribution in [3.8, 4) is 17.1 Å². The molecule has 11 heteroatoms. The number of allylic oxidation sites excluding steroid dienone is 1. The van der Waals surface area contributed by atoms with E-state index in [4.69, 9.17) is 24.4 Å².